The zero-order chi connectivity index (χ0) is 47.9. The fourth-order valence-electron chi connectivity index (χ4n) is 7.26. The van der Waals surface area contributed by atoms with E-state index in [4.69, 9.17) is 14.2 Å². The van der Waals surface area contributed by atoms with Gasteiger partial charge in [0.15, 0.2) is 6.10 Å². The Morgan fingerprint density at radius 2 is 0.621 bits per heavy atom. The summed E-state index contributed by atoms with van der Waals surface area (Å²) in [5.74, 6) is -0.998. The molecule has 0 aliphatic carbocycles. The molecule has 0 aromatic rings. The normalized spacial score (nSPS) is 12.8. The van der Waals surface area contributed by atoms with E-state index in [-0.39, 0.29) is 37.5 Å². The quantitative estimate of drug-likeness (QED) is 0.0262. The van der Waals surface area contributed by atoms with E-state index < -0.39 is 6.10 Å². The molecule has 1 atom stereocenters. The number of carbonyl (C=O) groups excluding carboxylic acids is 3. The number of hydrogen-bond acceptors (Lipinski definition) is 6. The van der Waals surface area contributed by atoms with Crippen molar-refractivity contribution in [3.8, 4) is 0 Å². The second kappa shape index (κ2) is 53.9. The minimum absolute atomic E-state index is 0.103. The van der Waals surface area contributed by atoms with Crippen LogP contribution in [0.5, 0.6) is 0 Å². The summed E-state index contributed by atoms with van der Waals surface area (Å²) in [7, 11) is 0. The molecule has 0 radical (unpaired) electrons. The molecular weight excluding hydrogens is 817 g/mol. The van der Waals surface area contributed by atoms with Crippen LogP contribution in [0.4, 0.5) is 0 Å². The molecule has 0 amide bonds. The van der Waals surface area contributed by atoms with Crippen LogP contribution in [0, 0.1) is 0 Å². The molecule has 0 heterocycles. The molecule has 66 heavy (non-hydrogen) atoms. The third-order valence-corrected chi connectivity index (χ3v) is 11.3. The summed E-state index contributed by atoms with van der Waals surface area (Å²) in [6.07, 6.45) is 71.1. The number of rotatable bonds is 48. The number of esters is 3. The van der Waals surface area contributed by atoms with Crippen molar-refractivity contribution in [3.05, 3.63) is 97.2 Å². The van der Waals surface area contributed by atoms with Crippen molar-refractivity contribution in [2.75, 3.05) is 13.2 Å². The van der Waals surface area contributed by atoms with E-state index >= 15 is 0 Å². The van der Waals surface area contributed by atoms with Crippen molar-refractivity contribution < 1.29 is 28.6 Å². The van der Waals surface area contributed by atoms with Crippen LogP contribution in [0.2, 0.25) is 0 Å². The summed E-state index contributed by atoms with van der Waals surface area (Å²) >= 11 is 0. The molecule has 0 saturated heterocycles. The average molecular weight is 917 g/mol. The molecule has 0 N–H and O–H groups in total. The van der Waals surface area contributed by atoms with Gasteiger partial charge in [0, 0.05) is 19.3 Å². The van der Waals surface area contributed by atoms with E-state index in [9.17, 15) is 14.4 Å². The first-order chi connectivity index (χ1) is 32.5. The molecule has 0 saturated carbocycles. The molecule has 0 bridgehead atoms. The van der Waals surface area contributed by atoms with Crippen LogP contribution < -0.4 is 0 Å². The van der Waals surface area contributed by atoms with Crippen LogP contribution in [0.25, 0.3) is 0 Å². The molecule has 0 fully saturated rings. The Labute approximate surface area is 407 Å². The van der Waals surface area contributed by atoms with Gasteiger partial charge in [-0.2, -0.15) is 0 Å². The third kappa shape index (κ3) is 51.3. The second-order valence-corrected chi connectivity index (χ2v) is 17.8. The fraction of sp³-hybridized carbons (Fsp3) is 0.683. The van der Waals surface area contributed by atoms with Crippen LogP contribution in [0.3, 0.4) is 0 Å². The lowest BCUT2D eigenvalue weighted by Crippen LogP contribution is -2.30. The number of ether oxygens (including phenoxy) is 3. The lowest BCUT2D eigenvalue weighted by atomic mass is 10.0. The summed E-state index contributed by atoms with van der Waals surface area (Å²) in [4.78, 5) is 38.0. The van der Waals surface area contributed by atoms with Crippen molar-refractivity contribution in [1.82, 2.24) is 0 Å². The average Bonchev–Trinajstić information content (AvgIpc) is 3.31. The monoisotopic (exact) mass is 917 g/mol. The topological polar surface area (TPSA) is 78.9 Å². The van der Waals surface area contributed by atoms with E-state index in [0.29, 0.717) is 19.3 Å². The van der Waals surface area contributed by atoms with E-state index in [2.05, 4.69) is 112 Å². The Morgan fingerprint density at radius 3 is 1.05 bits per heavy atom. The van der Waals surface area contributed by atoms with E-state index in [1.807, 2.05) is 6.08 Å². The van der Waals surface area contributed by atoms with E-state index in [1.54, 1.807) is 0 Å². The molecule has 0 aliphatic rings. The van der Waals surface area contributed by atoms with Gasteiger partial charge in [-0.1, -0.05) is 234 Å². The maximum Gasteiger partial charge on any atom is 0.306 e. The highest BCUT2D eigenvalue weighted by molar-refractivity contribution is 5.71. The minimum Gasteiger partial charge on any atom is -0.462 e. The number of hydrogen-bond donors (Lipinski definition) is 0. The van der Waals surface area contributed by atoms with Gasteiger partial charge in [-0.15, -0.1) is 0 Å². The highest BCUT2D eigenvalue weighted by atomic mass is 16.6. The zero-order valence-electron chi connectivity index (χ0n) is 42.9. The Hall–Kier alpha value is -3.67. The van der Waals surface area contributed by atoms with Crippen LogP contribution in [-0.2, 0) is 28.6 Å². The summed E-state index contributed by atoms with van der Waals surface area (Å²) in [5, 5.41) is 0. The molecule has 0 aliphatic heterocycles. The molecule has 0 unspecified atom stereocenters. The van der Waals surface area contributed by atoms with Crippen molar-refractivity contribution in [2.24, 2.45) is 0 Å². The Bertz CT molecular complexity index is 1330. The minimum atomic E-state index is -0.811. The van der Waals surface area contributed by atoms with Gasteiger partial charge in [0.05, 0.1) is 0 Å². The smallest absolute Gasteiger partial charge is 0.306 e. The molecule has 0 aromatic heterocycles. The number of unbranched alkanes of at least 4 members (excludes halogenated alkanes) is 21. The van der Waals surface area contributed by atoms with Gasteiger partial charge in [-0.3, -0.25) is 14.4 Å². The van der Waals surface area contributed by atoms with Crippen LogP contribution >= 0.6 is 0 Å². The Kier molecular flexibility index (Phi) is 50.9. The van der Waals surface area contributed by atoms with E-state index in [1.165, 1.54) is 109 Å². The highest BCUT2D eigenvalue weighted by Gasteiger charge is 2.19. The predicted molar refractivity (Wildman–Crippen MR) is 284 cm³/mol. The Balaban J connectivity index is 4.50. The molecule has 0 spiro atoms. The van der Waals surface area contributed by atoms with Gasteiger partial charge in [-0.25, -0.2) is 0 Å². The summed E-state index contributed by atoms with van der Waals surface area (Å²) in [6, 6.07) is 0. The second-order valence-electron chi connectivity index (χ2n) is 17.8. The van der Waals surface area contributed by atoms with Crippen molar-refractivity contribution in [3.63, 3.8) is 0 Å². The van der Waals surface area contributed by atoms with Crippen molar-refractivity contribution >= 4 is 17.9 Å². The molecule has 376 valence electrons. The van der Waals surface area contributed by atoms with Crippen molar-refractivity contribution in [2.45, 2.75) is 252 Å². The van der Waals surface area contributed by atoms with Gasteiger partial charge >= 0.3 is 17.9 Å². The molecule has 0 aromatic carbocycles. The van der Waals surface area contributed by atoms with Crippen LogP contribution in [-0.4, -0.2) is 37.2 Å². The fourth-order valence-corrected chi connectivity index (χ4v) is 7.26. The number of allylic oxidation sites excluding steroid dienone is 16. The van der Waals surface area contributed by atoms with Gasteiger partial charge < -0.3 is 14.2 Å². The lowest BCUT2D eigenvalue weighted by Gasteiger charge is -2.18. The number of carbonyl (C=O) groups is 3. The molecule has 6 nitrogen and oxygen atoms in total. The largest absolute Gasteiger partial charge is 0.462 e. The third-order valence-electron chi connectivity index (χ3n) is 11.3. The van der Waals surface area contributed by atoms with E-state index in [0.717, 1.165) is 89.9 Å². The summed E-state index contributed by atoms with van der Waals surface area (Å²) < 4.78 is 16.8. The van der Waals surface area contributed by atoms with Crippen molar-refractivity contribution in [1.29, 1.82) is 0 Å². The highest BCUT2D eigenvalue weighted by Crippen LogP contribution is 2.14. The first kappa shape index (κ1) is 62.3. The summed E-state index contributed by atoms with van der Waals surface area (Å²) in [6.45, 7) is 6.43. The van der Waals surface area contributed by atoms with Crippen LogP contribution in [0.1, 0.15) is 245 Å². The maximum atomic E-state index is 12.8. The first-order valence-electron chi connectivity index (χ1n) is 27.2. The molecular formula is C60H100O6. The predicted octanol–water partition coefficient (Wildman–Crippen LogP) is 18.1. The van der Waals surface area contributed by atoms with Crippen LogP contribution in [0.15, 0.2) is 97.2 Å². The standard InChI is InChI=1S/C60H100O6/c1-4-7-10-13-16-19-22-25-27-29-30-32-33-35-38-41-44-47-50-53-59(62)65-56-57(55-64-58(61)52-49-46-43-40-37-24-21-18-15-12-9-6-3)66-60(63)54-51-48-45-42-39-36-34-31-28-26-23-20-17-14-11-8-5-2/h7,10,16-17,19-20,25-28,30,32,35,38,44,47,57H,4-6,8-9,11-15,18,21-24,29,31,33-34,36-37,39-43,45-46,48-56H2,1-3H3/b10-7-,19-16-,20-17-,27-25-,28-26-,32-30-,38-35-,47-44-/t57-/m0/s1. The zero-order valence-corrected chi connectivity index (χ0v) is 42.9. The van der Waals surface area contributed by atoms with Gasteiger partial charge in [0.2, 0.25) is 0 Å². The first-order valence-corrected chi connectivity index (χ1v) is 27.2. The molecule has 6 heteroatoms. The van der Waals surface area contributed by atoms with Gasteiger partial charge in [0.25, 0.3) is 0 Å². The lowest BCUT2D eigenvalue weighted by molar-refractivity contribution is -0.166. The SMILES string of the molecule is CC/C=C\C/C=C\C/C=C\C/C=C\C/C=C\C/C=C\CCC(=O)OC[C@H](COC(=O)CCCCCCCCCCCCCC)OC(=O)CCCCCCCCC/C=C\C/C=C\CCCCC. The summed E-state index contributed by atoms with van der Waals surface area (Å²) in [5.41, 5.74) is 0. The van der Waals surface area contributed by atoms with Gasteiger partial charge in [0.1, 0.15) is 13.2 Å². The molecule has 0 rings (SSSR count). The van der Waals surface area contributed by atoms with Gasteiger partial charge in [-0.05, 0) is 89.9 Å². The maximum absolute atomic E-state index is 12.8. The Morgan fingerprint density at radius 1 is 0.318 bits per heavy atom.